The van der Waals surface area contributed by atoms with Gasteiger partial charge >= 0.3 is 0 Å². The maximum atomic E-state index is 12.5. The summed E-state index contributed by atoms with van der Waals surface area (Å²) in [6.07, 6.45) is 10.3. The van der Waals surface area contributed by atoms with Gasteiger partial charge in [-0.25, -0.2) is 0 Å². The van der Waals surface area contributed by atoms with E-state index >= 15 is 0 Å². The van der Waals surface area contributed by atoms with Crippen LogP contribution in [0.1, 0.15) is 44.9 Å². The van der Waals surface area contributed by atoms with Crippen molar-refractivity contribution in [2.24, 2.45) is 5.73 Å². The second-order valence-corrected chi connectivity index (χ2v) is 5.82. The molecule has 2 aliphatic carbocycles. The molecule has 0 aromatic rings. The molecule has 4 heteroatoms. The van der Waals surface area contributed by atoms with Gasteiger partial charge in [-0.15, -0.1) is 0 Å². The van der Waals surface area contributed by atoms with Crippen LogP contribution in [0.2, 0.25) is 0 Å². The molecule has 0 radical (unpaired) electrons. The van der Waals surface area contributed by atoms with E-state index in [0.29, 0.717) is 19.1 Å². The first kappa shape index (κ1) is 14.5. The monoisotopic (exact) mass is 265 g/mol. The van der Waals surface area contributed by atoms with Gasteiger partial charge in [-0.3, -0.25) is 9.69 Å². The van der Waals surface area contributed by atoms with E-state index < -0.39 is 0 Å². The van der Waals surface area contributed by atoms with Crippen LogP contribution in [0.25, 0.3) is 0 Å². The zero-order valence-electron chi connectivity index (χ0n) is 12.1. The lowest BCUT2D eigenvalue weighted by molar-refractivity contribution is -0.130. The molecule has 4 nitrogen and oxygen atoms in total. The summed E-state index contributed by atoms with van der Waals surface area (Å²) in [7, 11) is 2.01. The van der Waals surface area contributed by atoms with Crippen LogP contribution in [0.3, 0.4) is 0 Å². The van der Waals surface area contributed by atoms with Gasteiger partial charge in [0, 0.05) is 11.7 Å². The number of allylic oxidation sites excluding steroid dienone is 2. The molecule has 2 N–H and O–H groups in total. The summed E-state index contributed by atoms with van der Waals surface area (Å²) in [5.41, 5.74) is 6.79. The maximum Gasteiger partial charge on any atom is 0.241 e. The van der Waals surface area contributed by atoms with E-state index in [9.17, 15) is 4.79 Å². The standard InChI is InChI=1S/C15H27N3O/c1-17(11-5-10-16)12-15(19)18(14-8-9-14)13-6-3-2-4-7-13/h6,14H,2-5,7-12,16H2,1H3. The van der Waals surface area contributed by atoms with Crippen molar-refractivity contribution in [1.29, 1.82) is 0 Å². The smallest absolute Gasteiger partial charge is 0.241 e. The summed E-state index contributed by atoms with van der Waals surface area (Å²) >= 11 is 0. The molecule has 0 unspecified atom stereocenters. The van der Waals surface area contributed by atoms with Crippen molar-refractivity contribution in [1.82, 2.24) is 9.80 Å². The highest BCUT2D eigenvalue weighted by Crippen LogP contribution is 2.33. The normalized spacial score (nSPS) is 19.4. The Kier molecular flexibility index (Phi) is 5.40. The molecular weight excluding hydrogens is 238 g/mol. The fourth-order valence-electron chi connectivity index (χ4n) is 2.72. The minimum Gasteiger partial charge on any atom is -0.330 e. The van der Waals surface area contributed by atoms with Crippen LogP contribution in [0, 0.1) is 0 Å². The zero-order chi connectivity index (χ0) is 13.7. The van der Waals surface area contributed by atoms with Crippen molar-refractivity contribution in [2.45, 2.75) is 51.0 Å². The predicted octanol–water partition coefficient (Wildman–Crippen LogP) is 1.72. The predicted molar refractivity (Wildman–Crippen MR) is 77.6 cm³/mol. The first-order valence-electron chi connectivity index (χ1n) is 7.62. The van der Waals surface area contributed by atoms with Crippen LogP contribution in [-0.2, 0) is 4.79 Å². The van der Waals surface area contributed by atoms with Gasteiger partial charge in [0.25, 0.3) is 0 Å². The van der Waals surface area contributed by atoms with Crippen LogP contribution in [0.15, 0.2) is 11.8 Å². The van der Waals surface area contributed by atoms with Crippen molar-refractivity contribution in [3.05, 3.63) is 11.8 Å². The fourth-order valence-corrected chi connectivity index (χ4v) is 2.72. The van der Waals surface area contributed by atoms with Crippen molar-refractivity contribution in [2.75, 3.05) is 26.7 Å². The summed E-state index contributed by atoms with van der Waals surface area (Å²) in [6, 6.07) is 0.486. The number of nitrogens with two attached hydrogens (primary N) is 1. The lowest BCUT2D eigenvalue weighted by Crippen LogP contribution is -2.40. The van der Waals surface area contributed by atoms with Gasteiger partial charge < -0.3 is 10.6 Å². The molecule has 2 rings (SSSR count). The number of rotatable bonds is 7. The fraction of sp³-hybridized carbons (Fsp3) is 0.800. The Hall–Kier alpha value is -0.870. The third kappa shape index (κ3) is 4.32. The molecule has 0 atom stereocenters. The van der Waals surface area contributed by atoms with E-state index in [0.717, 1.165) is 25.8 Å². The Bertz CT molecular complexity index is 336. The van der Waals surface area contributed by atoms with E-state index in [1.807, 2.05) is 7.05 Å². The van der Waals surface area contributed by atoms with E-state index in [1.54, 1.807) is 0 Å². The van der Waals surface area contributed by atoms with Crippen LogP contribution in [0.5, 0.6) is 0 Å². The number of likely N-dealkylation sites (N-methyl/N-ethyl adjacent to an activating group) is 1. The largest absolute Gasteiger partial charge is 0.330 e. The number of amides is 1. The number of carbonyl (C=O) groups excluding carboxylic acids is 1. The average molecular weight is 265 g/mol. The summed E-state index contributed by atoms with van der Waals surface area (Å²) < 4.78 is 0. The summed E-state index contributed by atoms with van der Waals surface area (Å²) in [5, 5.41) is 0. The van der Waals surface area contributed by atoms with Crippen LogP contribution >= 0.6 is 0 Å². The molecule has 0 aromatic heterocycles. The average Bonchev–Trinajstić information content (AvgIpc) is 3.22. The highest BCUT2D eigenvalue weighted by Gasteiger charge is 2.35. The topological polar surface area (TPSA) is 49.6 Å². The van der Waals surface area contributed by atoms with E-state index in [4.69, 9.17) is 5.73 Å². The molecule has 2 aliphatic rings. The van der Waals surface area contributed by atoms with Crippen molar-refractivity contribution in [3.8, 4) is 0 Å². The minimum absolute atomic E-state index is 0.273. The molecule has 1 saturated carbocycles. The molecule has 1 amide bonds. The van der Waals surface area contributed by atoms with Gasteiger partial charge in [-0.1, -0.05) is 6.08 Å². The van der Waals surface area contributed by atoms with Crippen LogP contribution in [0.4, 0.5) is 0 Å². The Balaban J connectivity index is 1.91. The lowest BCUT2D eigenvalue weighted by Gasteiger charge is -2.29. The van der Waals surface area contributed by atoms with E-state index in [1.165, 1.54) is 31.4 Å². The number of hydrogen-bond acceptors (Lipinski definition) is 3. The second-order valence-electron chi connectivity index (χ2n) is 5.82. The zero-order valence-corrected chi connectivity index (χ0v) is 12.1. The number of hydrogen-bond donors (Lipinski definition) is 1. The minimum atomic E-state index is 0.273. The molecule has 0 aliphatic heterocycles. The molecule has 0 heterocycles. The molecular formula is C15H27N3O. The summed E-state index contributed by atoms with van der Waals surface area (Å²) in [6.45, 7) is 2.11. The second kappa shape index (κ2) is 7.06. The molecule has 19 heavy (non-hydrogen) atoms. The third-order valence-corrected chi connectivity index (χ3v) is 3.91. The van der Waals surface area contributed by atoms with Crippen molar-refractivity contribution in [3.63, 3.8) is 0 Å². The Labute approximate surface area is 116 Å². The SMILES string of the molecule is CN(CCCN)CC(=O)N(C1=CCCCC1)C1CC1. The molecule has 1 fully saturated rings. The van der Waals surface area contributed by atoms with Gasteiger partial charge in [0.05, 0.1) is 6.54 Å². The summed E-state index contributed by atoms with van der Waals surface area (Å²) in [5.74, 6) is 0.273. The van der Waals surface area contributed by atoms with Crippen molar-refractivity contribution >= 4 is 5.91 Å². The number of nitrogens with zero attached hydrogens (tertiary/aromatic N) is 2. The highest BCUT2D eigenvalue weighted by atomic mass is 16.2. The molecule has 0 saturated heterocycles. The summed E-state index contributed by atoms with van der Waals surface area (Å²) in [4.78, 5) is 16.7. The van der Waals surface area contributed by atoms with Crippen LogP contribution < -0.4 is 5.73 Å². The highest BCUT2D eigenvalue weighted by molar-refractivity contribution is 5.80. The Morgan fingerprint density at radius 1 is 1.42 bits per heavy atom. The van der Waals surface area contributed by atoms with Gasteiger partial charge in [-0.05, 0) is 65.1 Å². The quantitative estimate of drug-likeness (QED) is 0.762. The molecule has 0 spiro atoms. The lowest BCUT2D eigenvalue weighted by atomic mass is 10.0. The Morgan fingerprint density at radius 3 is 2.79 bits per heavy atom. The molecule has 0 bridgehead atoms. The van der Waals surface area contributed by atoms with E-state index in [-0.39, 0.29) is 5.91 Å². The van der Waals surface area contributed by atoms with Gasteiger partial charge in [-0.2, -0.15) is 0 Å². The van der Waals surface area contributed by atoms with Crippen LogP contribution in [-0.4, -0.2) is 48.4 Å². The number of carbonyl (C=O) groups is 1. The first-order chi connectivity index (χ1) is 9.22. The van der Waals surface area contributed by atoms with E-state index in [2.05, 4.69) is 15.9 Å². The van der Waals surface area contributed by atoms with Crippen molar-refractivity contribution < 1.29 is 4.79 Å². The third-order valence-electron chi connectivity index (χ3n) is 3.91. The van der Waals surface area contributed by atoms with Gasteiger partial charge in [0.15, 0.2) is 0 Å². The van der Waals surface area contributed by atoms with Gasteiger partial charge in [0.2, 0.25) is 5.91 Å². The first-order valence-corrected chi connectivity index (χ1v) is 7.62. The van der Waals surface area contributed by atoms with Gasteiger partial charge in [0.1, 0.15) is 0 Å². The molecule has 0 aromatic carbocycles. The Morgan fingerprint density at radius 2 is 2.21 bits per heavy atom. The maximum absolute atomic E-state index is 12.5. The molecule has 108 valence electrons.